The van der Waals surface area contributed by atoms with Crippen LogP contribution in [0.1, 0.15) is 5.69 Å². The summed E-state index contributed by atoms with van der Waals surface area (Å²) in [7, 11) is 0. The minimum atomic E-state index is 0.831. The van der Waals surface area contributed by atoms with Crippen LogP contribution in [0.4, 0.5) is 5.69 Å². The van der Waals surface area contributed by atoms with Gasteiger partial charge in [-0.1, -0.05) is 12.1 Å². The van der Waals surface area contributed by atoms with E-state index in [2.05, 4.69) is 25.7 Å². The highest BCUT2D eigenvalue weighted by atomic mass is 15.2. The maximum Gasteiger partial charge on any atom is 0.138 e. The van der Waals surface area contributed by atoms with Gasteiger partial charge in [-0.2, -0.15) is 0 Å². The lowest BCUT2D eigenvalue weighted by Gasteiger charge is -2.29. The number of imidazole rings is 1. The molecule has 0 amide bonds. The minimum Gasteiger partial charge on any atom is -0.368 e. The van der Waals surface area contributed by atoms with Gasteiger partial charge in [-0.25, -0.2) is 9.97 Å². The molecule has 7 heteroatoms. The van der Waals surface area contributed by atoms with Crippen molar-refractivity contribution in [2.45, 2.75) is 6.92 Å². The highest BCUT2D eigenvalue weighted by molar-refractivity contribution is 5.84. The van der Waals surface area contributed by atoms with Gasteiger partial charge in [0.2, 0.25) is 0 Å². The Labute approximate surface area is 185 Å². The summed E-state index contributed by atoms with van der Waals surface area (Å²) in [5.41, 5.74) is 8.18. The van der Waals surface area contributed by atoms with Crippen LogP contribution in [0.15, 0.2) is 67.0 Å². The standard InChI is InChI=1S/C25H23N7/c1-17-5-4-6-20(28-17)24-25(32-12-3-2-7-23(32)30-24)21-9-8-19-22(29-21)15-18(16-27-19)31-13-10-26-11-14-31/h2-9,12,15-16,26H,10-11,13-14H2,1H3. The first-order valence-corrected chi connectivity index (χ1v) is 10.9. The van der Waals surface area contributed by atoms with E-state index in [1.54, 1.807) is 0 Å². The molecule has 0 radical (unpaired) electrons. The lowest BCUT2D eigenvalue weighted by atomic mass is 10.1. The van der Waals surface area contributed by atoms with Crippen molar-refractivity contribution in [2.24, 2.45) is 0 Å². The van der Waals surface area contributed by atoms with Gasteiger partial charge in [-0.15, -0.1) is 0 Å². The number of aryl methyl sites for hydroxylation is 1. The van der Waals surface area contributed by atoms with E-state index in [1.807, 2.05) is 67.8 Å². The Morgan fingerprint density at radius 2 is 1.75 bits per heavy atom. The van der Waals surface area contributed by atoms with Crippen LogP contribution in [-0.2, 0) is 0 Å². The maximum atomic E-state index is 5.04. The zero-order chi connectivity index (χ0) is 21.5. The van der Waals surface area contributed by atoms with E-state index >= 15 is 0 Å². The normalized spacial score (nSPS) is 14.3. The lowest BCUT2D eigenvalue weighted by Crippen LogP contribution is -2.43. The Morgan fingerprint density at radius 1 is 0.844 bits per heavy atom. The third-order valence-corrected chi connectivity index (χ3v) is 5.91. The molecule has 1 aliphatic rings. The molecular formula is C25H23N7. The largest absolute Gasteiger partial charge is 0.368 e. The monoisotopic (exact) mass is 421 g/mol. The van der Waals surface area contributed by atoms with E-state index in [0.717, 1.165) is 77.0 Å². The lowest BCUT2D eigenvalue weighted by molar-refractivity contribution is 0.589. The first-order chi connectivity index (χ1) is 15.8. The number of nitrogens with zero attached hydrogens (tertiary/aromatic N) is 6. The number of pyridine rings is 4. The molecule has 0 aliphatic carbocycles. The summed E-state index contributed by atoms with van der Waals surface area (Å²) in [6, 6.07) is 18.2. The molecule has 1 N–H and O–H groups in total. The molecule has 0 unspecified atom stereocenters. The van der Waals surface area contributed by atoms with Gasteiger partial charge in [-0.3, -0.25) is 14.4 Å². The molecule has 6 heterocycles. The molecule has 1 saturated heterocycles. The highest BCUT2D eigenvalue weighted by Crippen LogP contribution is 2.32. The zero-order valence-electron chi connectivity index (χ0n) is 17.9. The smallest absolute Gasteiger partial charge is 0.138 e. The fourth-order valence-electron chi connectivity index (χ4n) is 4.32. The predicted molar refractivity (Wildman–Crippen MR) is 127 cm³/mol. The predicted octanol–water partition coefficient (Wildman–Crippen LogP) is 3.72. The summed E-state index contributed by atoms with van der Waals surface area (Å²) in [6.07, 6.45) is 3.98. The molecule has 0 saturated carbocycles. The topological polar surface area (TPSA) is 71.2 Å². The number of nitrogens with one attached hydrogen (secondary N) is 1. The number of rotatable bonds is 3. The van der Waals surface area contributed by atoms with Crippen molar-refractivity contribution in [1.82, 2.24) is 29.7 Å². The van der Waals surface area contributed by atoms with Crippen molar-refractivity contribution < 1.29 is 0 Å². The molecule has 7 nitrogen and oxygen atoms in total. The Bertz CT molecular complexity index is 1430. The van der Waals surface area contributed by atoms with Crippen LogP contribution >= 0.6 is 0 Å². The number of hydrogen-bond acceptors (Lipinski definition) is 6. The van der Waals surface area contributed by atoms with E-state index in [9.17, 15) is 0 Å². The molecule has 5 aromatic rings. The summed E-state index contributed by atoms with van der Waals surface area (Å²) < 4.78 is 2.08. The minimum absolute atomic E-state index is 0.831. The molecule has 5 aromatic heterocycles. The molecule has 0 atom stereocenters. The van der Waals surface area contributed by atoms with E-state index in [1.165, 1.54) is 0 Å². The van der Waals surface area contributed by atoms with Crippen molar-refractivity contribution in [1.29, 1.82) is 0 Å². The Kier molecular flexibility index (Phi) is 4.54. The molecule has 6 rings (SSSR count). The summed E-state index contributed by atoms with van der Waals surface area (Å²) in [4.78, 5) is 21.7. The van der Waals surface area contributed by atoms with E-state index in [4.69, 9.17) is 15.0 Å². The quantitative estimate of drug-likeness (QED) is 0.479. The summed E-state index contributed by atoms with van der Waals surface area (Å²) in [5.74, 6) is 0. The van der Waals surface area contributed by atoms with Gasteiger partial charge in [0.05, 0.1) is 34.3 Å². The Morgan fingerprint density at radius 3 is 2.62 bits per heavy atom. The fraction of sp³-hybridized carbons (Fsp3) is 0.200. The number of hydrogen-bond donors (Lipinski definition) is 1. The zero-order valence-corrected chi connectivity index (χ0v) is 17.9. The van der Waals surface area contributed by atoms with Crippen LogP contribution in [-0.4, -0.2) is 50.5 Å². The Balaban J connectivity index is 1.53. The molecule has 158 valence electrons. The van der Waals surface area contributed by atoms with Crippen LogP contribution in [0.3, 0.4) is 0 Å². The first kappa shape index (κ1) is 18.9. The third kappa shape index (κ3) is 3.27. The van der Waals surface area contributed by atoms with Crippen LogP contribution in [0.25, 0.3) is 39.5 Å². The van der Waals surface area contributed by atoms with Crippen LogP contribution in [0.2, 0.25) is 0 Å². The number of aromatic nitrogens is 5. The maximum absolute atomic E-state index is 5.04. The second kappa shape index (κ2) is 7.69. The Hall–Kier alpha value is -3.84. The molecule has 1 aliphatic heterocycles. The fourth-order valence-corrected chi connectivity index (χ4v) is 4.32. The number of fused-ring (bicyclic) bond motifs is 2. The molecule has 32 heavy (non-hydrogen) atoms. The molecule has 1 fully saturated rings. The second-order valence-corrected chi connectivity index (χ2v) is 8.07. The van der Waals surface area contributed by atoms with Crippen LogP contribution < -0.4 is 10.2 Å². The molecule has 0 bridgehead atoms. The van der Waals surface area contributed by atoms with Gasteiger partial charge in [0.15, 0.2) is 0 Å². The highest BCUT2D eigenvalue weighted by Gasteiger charge is 2.19. The van der Waals surface area contributed by atoms with E-state index < -0.39 is 0 Å². The van der Waals surface area contributed by atoms with Crippen molar-refractivity contribution in [2.75, 3.05) is 31.1 Å². The SMILES string of the molecule is Cc1cccc(-c2nc3ccccn3c2-c2ccc3ncc(N4CCNCC4)cc3n2)n1. The van der Waals surface area contributed by atoms with Gasteiger partial charge < -0.3 is 10.2 Å². The third-order valence-electron chi connectivity index (χ3n) is 5.91. The number of anilines is 1. The van der Waals surface area contributed by atoms with Gasteiger partial charge in [-0.05, 0) is 49.4 Å². The van der Waals surface area contributed by atoms with Gasteiger partial charge >= 0.3 is 0 Å². The van der Waals surface area contributed by atoms with Crippen molar-refractivity contribution in [3.05, 3.63) is 72.7 Å². The van der Waals surface area contributed by atoms with Crippen LogP contribution in [0.5, 0.6) is 0 Å². The van der Waals surface area contributed by atoms with Crippen LogP contribution in [0, 0.1) is 6.92 Å². The summed E-state index contributed by atoms with van der Waals surface area (Å²) >= 11 is 0. The van der Waals surface area contributed by atoms with Crippen molar-refractivity contribution in [3.8, 4) is 22.8 Å². The summed E-state index contributed by atoms with van der Waals surface area (Å²) in [5, 5.41) is 3.40. The molecule has 0 spiro atoms. The first-order valence-electron chi connectivity index (χ1n) is 10.9. The van der Waals surface area contributed by atoms with E-state index in [-0.39, 0.29) is 0 Å². The van der Waals surface area contributed by atoms with Crippen molar-refractivity contribution in [3.63, 3.8) is 0 Å². The molecule has 0 aromatic carbocycles. The van der Waals surface area contributed by atoms with Gasteiger partial charge in [0.1, 0.15) is 17.0 Å². The van der Waals surface area contributed by atoms with Gasteiger partial charge in [0, 0.05) is 38.1 Å². The van der Waals surface area contributed by atoms with Gasteiger partial charge in [0.25, 0.3) is 0 Å². The van der Waals surface area contributed by atoms with E-state index in [0.29, 0.717) is 0 Å². The number of piperazine rings is 1. The second-order valence-electron chi connectivity index (χ2n) is 8.07. The average molecular weight is 422 g/mol. The van der Waals surface area contributed by atoms with Crippen molar-refractivity contribution >= 4 is 22.4 Å². The average Bonchev–Trinajstić information content (AvgIpc) is 3.24. The molecular weight excluding hydrogens is 398 g/mol. The summed E-state index contributed by atoms with van der Waals surface area (Å²) in [6.45, 7) is 5.92.